The van der Waals surface area contributed by atoms with Gasteiger partial charge in [0.2, 0.25) is 0 Å². The van der Waals surface area contributed by atoms with Gasteiger partial charge in [-0.25, -0.2) is 4.39 Å². The summed E-state index contributed by atoms with van der Waals surface area (Å²) >= 11 is 3.27. The van der Waals surface area contributed by atoms with Gasteiger partial charge in [-0.1, -0.05) is 15.9 Å². The van der Waals surface area contributed by atoms with Crippen molar-refractivity contribution in [3.05, 3.63) is 64.3 Å². The zero-order chi connectivity index (χ0) is 13.4. The average molecular weight is 319 g/mol. The first-order valence-electron chi connectivity index (χ1n) is 5.57. The van der Waals surface area contributed by atoms with E-state index >= 15 is 0 Å². The van der Waals surface area contributed by atoms with Crippen LogP contribution in [0.2, 0.25) is 0 Å². The van der Waals surface area contributed by atoms with Crippen molar-refractivity contribution >= 4 is 32.6 Å². The number of rotatable bonds is 2. The molecule has 0 saturated carbocycles. The van der Waals surface area contributed by atoms with E-state index in [2.05, 4.69) is 25.9 Å². The van der Waals surface area contributed by atoms with Crippen LogP contribution in [0.5, 0.6) is 0 Å². The van der Waals surface area contributed by atoms with Crippen LogP contribution >= 0.6 is 15.9 Å². The van der Waals surface area contributed by atoms with E-state index in [1.54, 1.807) is 24.7 Å². The molecular weight excluding hydrogens is 311 g/mol. The quantitative estimate of drug-likeness (QED) is 0.732. The van der Waals surface area contributed by atoms with E-state index < -0.39 is 5.82 Å². The molecular formula is C14H8BrFN2O. The number of hydrogen-bond donors (Lipinski definition) is 1. The minimum atomic E-state index is -0.440. The molecule has 1 N–H and O–H groups in total. The van der Waals surface area contributed by atoms with Gasteiger partial charge < -0.3 is 4.98 Å². The second-order valence-electron chi connectivity index (χ2n) is 4.08. The summed E-state index contributed by atoms with van der Waals surface area (Å²) in [5.41, 5.74) is 1.60. The Morgan fingerprint density at radius 3 is 2.95 bits per heavy atom. The molecule has 5 heteroatoms. The Kier molecular flexibility index (Phi) is 2.91. The smallest absolute Gasteiger partial charge is 0.196 e. The van der Waals surface area contributed by atoms with Crippen molar-refractivity contribution in [2.45, 2.75) is 0 Å². The molecule has 0 fully saturated rings. The topological polar surface area (TPSA) is 45.8 Å². The van der Waals surface area contributed by atoms with E-state index in [-0.39, 0.29) is 5.78 Å². The van der Waals surface area contributed by atoms with Gasteiger partial charge in [0.1, 0.15) is 5.82 Å². The molecule has 94 valence electrons. The Hall–Kier alpha value is -2.01. The molecule has 3 aromatic rings. The van der Waals surface area contributed by atoms with Gasteiger partial charge in [0.05, 0.1) is 0 Å². The van der Waals surface area contributed by atoms with Crippen LogP contribution in [0.1, 0.15) is 15.9 Å². The van der Waals surface area contributed by atoms with Crippen molar-refractivity contribution in [3.63, 3.8) is 0 Å². The zero-order valence-corrected chi connectivity index (χ0v) is 11.2. The first-order chi connectivity index (χ1) is 9.16. The third-order valence-corrected chi connectivity index (χ3v) is 3.59. The number of halogens is 2. The minimum absolute atomic E-state index is 0.245. The summed E-state index contributed by atoms with van der Waals surface area (Å²) < 4.78 is 13.8. The Morgan fingerprint density at radius 2 is 2.11 bits per heavy atom. The Morgan fingerprint density at radius 1 is 1.26 bits per heavy atom. The molecule has 19 heavy (non-hydrogen) atoms. The monoisotopic (exact) mass is 318 g/mol. The van der Waals surface area contributed by atoms with E-state index in [4.69, 9.17) is 0 Å². The summed E-state index contributed by atoms with van der Waals surface area (Å²) in [5.74, 6) is -0.685. The molecule has 0 aliphatic carbocycles. The van der Waals surface area contributed by atoms with Crippen LogP contribution < -0.4 is 0 Å². The average Bonchev–Trinajstić information content (AvgIpc) is 2.84. The number of aromatic nitrogens is 2. The van der Waals surface area contributed by atoms with E-state index in [9.17, 15) is 9.18 Å². The number of fused-ring (bicyclic) bond motifs is 1. The van der Waals surface area contributed by atoms with Crippen molar-refractivity contribution in [1.29, 1.82) is 0 Å². The van der Waals surface area contributed by atoms with E-state index in [1.807, 2.05) is 0 Å². The van der Waals surface area contributed by atoms with E-state index in [0.717, 1.165) is 10.9 Å². The lowest BCUT2D eigenvalue weighted by Gasteiger charge is -2.03. The van der Waals surface area contributed by atoms with Crippen molar-refractivity contribution in [2.24, 2.45) is 0 Å². The van der Waals surface area contributed by atoms with Crippen molar-refractivity contribution in [2.75, 3.05) is 0 Å². The van der Waals surface area contributed by atoms with E-state index in [1.165, 1.54) is 18.2 Å². The molecule has 0 bridgehead atoms. The number of aromatic amines is 1. The number of carbonyl (C=O) groups is 1. The highest BCUT2D eigenvalue weighted by Crippen LogP contribution is 2.25. The van der Waals surface area contributed by atoms with Gasteiger partial charge in [-0.2, -0.15) is 0 Å². The van der Waals surface area contributed by atoms with Crippen LogP contribution in [0, 0.1) is 5.82 Å². The molecule has 2 heterocycles. The third kappa shape index (κ3) is 2.06. The van der Waals surface area contributed by atoms with Crippen LogP contribution in [-0.4, -0.2) is 15.8 Å². The first-order valence-corrected chi connectivity index (χ1v) is 6.37. The van der Waals surface area contributed by atoms with Gasteiger partial charge in [0, 0.05) is 45.1 Å². The van der Waals surface area contributed by atoms with Crippen molar-refractivity contribution in [3.8, 4) is 0 Å². The second-order valence-corrected chi connectivity index (χ2v) is 4.93. The number of benzene rings is 1. The number of nitrogens with one attached hydrogen (secondary N) is 1. The minimum Gasteiger partial charge on any atom is -0.360 e. The van der Waals surface area contributed by atoms with Crippen molar-refractivity contribution < 1.29 is 9.18 Å². The molecule has 0 unspecified atom stereocenters. The maximum Gasteiger partial charge on any atom is 0.196 e. The highest BCUT2D eigenvalue weighted by Gasteiger charge is 2.17. The summed E-state index contributed by atoms with van der Waals surface area (Å²) in [7, 11) is 0. The van der Waals surface area contributed by atoms with Crippen LogP contribution in [0.25, 0.3) is 10.9 Å². The summed E-state index contributed by atoms with van der Waals surface area (Å²) in [6.07, 6.45) is 4.88. The van der Waals surface area contributed by atoms with Gasteiger partial charge in [-0.15, -0.1) is 0 Å². The SMILES string of the molecule is O=C(c1cc(F)ccc1Br)c1c[nH]c2ccncc12. The normalized spacial score (nSPS) is 10.8. The van der Waals surface area contributed by atoms with Gasteiger partial charge in [-0.05, 0) is 24.3 Å². The second kappa shape index (κ2) is 4.59. The number of H-pyrrole nitrogens is 1. The molecule has 0 aliphatic heterocycles. The lowest BCUT2D eigenvalue weighted by atomic mass is 10.0. The molecule has 2 aromatic heterocycles. The van der Waals surface area contributed by atoms with Crippen LogP contribution in [0.4, 0.5) is 4.39 Å². The lowest BCUT2D eigenvalue weighted by Crippen LogP contribution is -2.02. The number of carbonyl (C=O) groups excluding carboxylic acids is 1. The maximum atomic E-state index is 13.3. The molecule has 0 saturated heterocycles. The molecule has 3 nitrogen and oxygen atoms in total. The highest BCUT2D eigenvalue weighted by atomic mass is 79.9. The Balaban J connectivity index is 2.16. The van der Waals surface area contributed by atoms with Crippen LogP contribution in [-0.2, 0) is 0 Å². The van der Waals surface area contributed by atoms with Crippen LogP contribution in [0.3, 0.4) is 0 Å². The molecule has 0 radical (unpaired) electrons. The summed E-state index contributed by atoms with van der Waals surface area (Å²) in [4.78, 5) is 19.5. The lowest BCUT2D eigenvalue weighted by molar-refractivity contribution is 0.103. The summed E-state index contributed by atoms with van der Waals surface area (Å²) in [5, 5.41) is 0.726. The number of nitrogens with zero attached hydrogens (tertiary/aromatic N) is 1. The van der Waals surface area contributed by atoms with Crippen LogP contribution in [0.15, 0.2) is 47.3 Å². The maximum absolute atomic E-state index is 13.3. The molecule has 0 atom stereocenters. The third-order valence-electron chi connectivity index (χ3n) is 2.90. The molecule has 0 aliphatic rings. The molecule has 0 spiro atoms. The summed E-state index contributed by atoms with van der Waals surface area (Å²) in [6, 6.07) is 5.83. The van der Waals surface area contributed by atoms with Gasteiger partial charge in [0.15, 0.2) is 5.78 Å². The first kappa shape index (κ1) is 12.0. The van der Waals surface area contributed by atoms with Gasteiger partial charge >= 0.3 is 0 Å². The predicted octanol–water partition coefficient (Wildman–Crippen LogP) is 3.70. The van der Waals surface area contributed by atoms with Crippen molar-refractivity contribution in [1.82, 2.24) is 9.97 Å². The molecule has 3 rings (SSSR count). The van der Waals surface area contributed by atoms with Gasteiger partial charge in [-0.3, -0.25) is 9.78 Å². The fourth-order valence-corrected chi connectivity index (χ4v) is 2.39. The largest absolute Gasteiger partial charge is 0.360 e. The highest BCUT2D eigenvalue weighted by molar-refractivity contribution is 9.10. The zero-order valence-electron chi connectivity index (χ0n) is 9.65. The fourth-order valence-electron chi connectivity index (χ4n) is 1.97. The Labute approximate surface area is 116 Å². The standard InChI is InChI=1S/C14H8BrFN2O/c15-12-2-1-8(16)5-9(12)14(19)11-7-18-13-3-4-17-6-10(11)13/h1-7,18H. The number of pyridine rings is 1. The van der Waals surface area contributed by atoms with E-state index in [0.29, 0.717) is 15.6 Å². The number of ketones is 1. The predicted molar refractivity (Wildman–Crippen MR) is 73.6 cm³/mol. The van der Waals surface area contributed by atoms with Gasteiger partial charge in [0.25, 0.3) is 0 Å². The fraction of sp³-hybridized carbons (Fsp3) is 0. The Bertz CT molecular complexity index is 782. The molecule has 1 aromatic carbocycles. The molecule has 0 amide bonds. The summed E-state index contributed by atoms with van der Waals surface area (Å²) in [6.45, 7) is 0. The number of hydrogen-bond acceptors (Lipinski definition) is 2.